The zero-order valence-corrected chi connectivity index (χ0v) is 9.59. The number of rotatable bonds is 4. The number of aliphatic carboxylic acids is 2. The normalized spacial score (nSPS) is 8.06. The summed E-state index contributed by atoms with van der Waals surface area (Å²) in [4.78, 5) is 18.0. The van der Waals surface area contributed by atoms with Crippen molar-refractivity contribution in [1.29, 1.82) is 0 Å². The lowest BCUT2D eigenvalue weighted by Crippen LogP contribution is -2.08. The van der Waals surface area contributed by atoms with Crippen molar-refractivity contribution in [2.75, 3.05) is 13.2 Å². The van der Waals surface area contributed by atoms with Gasteiger partial charge in [0.05, 0.1) is 0 Å². The van der Waals surface area contributed by atoms with Crippen molar-refractivity contribution in [3.63, 3.8) is 0 Å². The minimum atomic E-state index is -0.833. The summed E-state index contributed by atoms with van der Waals surface area (Å²) in [5.41, 5.74) is 0. The van der Waals surface area contributed by atoms with E-state index in [4.69, 9.17) is 30.0 Å². The van der Waals surface area contributed by atoms with Crippen LogP contribution in [0.1, 0.15) is 20.3 Å². The molecule has 0 rings (SSSR count). The Morgan fingerprint density at radius 3 is 1.44 bits per heavy atom. The molecule has 0 aliphatic carbocycles. The quantitative estimate of drug-likeness (QED) is 0.523. The Morgan fingerprint density at radius 2 is 1.38 bits per heavy atom. The van der Waals surface area contributed by atoms with Gasteiger partial charge in [0.25, 0.3) is 11.9 Å². The zero-order valence-electron chi connectivity index (χ0n) is 9.59. The number of carbonyl (C=O) groups is 2. The zero-order chi connectivity index (χ0) is 13.6. The van der Waals surface area contributed by atoms with E-state index in [0.717, 1.165) is 13.8 Å². The topological polar surface area (TPSA) is 115 Å². The highest BCUT2D eigenvalue weighted by Gasteiger charge is 2.00. The van der Waals surface area contributed by atoms with E-state index in [0.29, 0.717) is 6.42 Å². The number of hydrogen-bond acceptors (Lipinski definition) is 4. The van der Waals surface area contributed by atoms with Crippen LogP contribution < -0.4 is 0 Å². The lowest BCUT2D eigenvalue weighted by molar-refractivity contribution is -0.135. The largest absolute Gasteiger partial charge is 0.481 e. The average Bonchev–Trinajstić information content (AvgIpc) is 2.12. The standard InChI is InChI=1S/C6H12O2.2C2H4O2/c1-2-3-6(4-7)5-8;2*1-2(3)4/h2,6-8H,1,3-5H2;2*1H3,(H,3,4). The molecule has 4 N–H and O–H groups in total. The molecule has 6 heteroatoms. The van der Waals surface area contributed by atoms with Crippen molar-refractivity contribution in [3.05, 3.63) is 12.7 Å². The average molecular weight is 236 g/mol. The number of allylic oxidation sites excluding steroid dienone is 1. The molecule has 0 aromatic rings. The third-order valence-corrected chi connectivity index (χ3v) is 1.02. The van der Waals surface area contributed by atoms with E-state index >= 15 is 0 Å². The first-order valence-electron chi connectivity index (χ1n) is 4.53. The molecule has 0 saturated heterocycles. The molecule has 96 valence electrons. The summed E-state index contributed by atoms with van der Waals surface area (Å²) < 4.78 is 0. The summed E-state index contributed by atoms with van der Waals surface area (Å²) in [6, 6.07) is 0. The van der Waals surface area contributed by atoms with Crippen LogP contribution in [-0.2, 0) is 9.59 Å². The molecular formula is C10H20O6. The number of aliphatic hydroxyl groups is 2. The van der Waals surface area contributed by atoms with Gasteiger partial charge in [-0.05, 0) is 6.42 Å². The van der Waals surface area contributed by atoms with Crippen molar-refractivity contribution < 1.29 is 30.0 Å². The van der Waals surface area contributed by atoms with Gasteiger partial charge in [-0.25, -0.2) is 0 Å². The Kier molecular flexibility index (Phi) is 20.1. The minimum Gasteiger partial charge on any atom is -0.481 e. The van der Waals surface area contributed by atoms with E-state index in [2.05, 4.69) is 6.58 Å². The molecule has 0 aliphatic rings. The summed E-state index contributed by atoms with van der Waals surface area (Å²) >= 11 is 0. The van der Waals surface area contributed by atoms with Crippen LogP contribution in [0.3, 0.4) is 0 Å². The third-order valence-electron chi connectivity index (χ3n) is 1.02. The van der Waals surface area contributed by atoms with Crippen LogP contribution in [0.2, 0.25) is 0 Å². The smallest absolute Gasteiger partial charge is 0.300 e. The van der Waals surface area contributed by atoms with Crippen LogP contribution >= 0.6 is 0 Å². The van der Waals surface area contributed by atoms with Crippen LogP contribution in [0.15, 0.2) is 12.7 Å². The van der Waals surface area contributed by atoms with Crippen molar-refractivity contribution in [2.45, 2.75) is 20.3 Å². The monoisotopic (exact) mass is 236 g/mol. The Morgan fingerprint density at radius 1 is 1.12 bits per heavy atom. The molecule has 6 nitrogen and oxygen atoms in total. The van der Waals surface area contributed by atoms with E-state index in [-0.39, 0.29) is 19.1 Å². The van der Waals surface area contributed by atoms with Crippen molar-refractivity contribution in [3.8, 4) is 0 Å². The molecule has 0 fully saturated rings. The van der Waals surface area contributed by atoms with Gasteiger partial charge in [0, 0.05) is 33.0 Å². The van der Waals surface area contributed by atoms with Gasteiger partial charge in [-0.2, -0.15) is 0 Å². The van der Waals surface area contributed by atoms with Crippen molar-refractivity contribution in [1.82, 2.24) is 0 Å². The SMILES string of the molecule is C=CCC(CO)CO.CC(=O)O.CC(=O)O. The summed E-state index contributed by atoms with van der Waals surface area (Å²) in [7, 11) is 0. The number of carboxylic acid groups (broad SMARTS) is 2. The van der Waals surface area contributed by atoms with Crippen molar-refractivity contribution in [2.24, 2.45) is 5.92 Å². The third kappa shape index (κ3) is 54.1. The highest BCUT2D eigenvalue weighted by atomic mass is 16.4. The van der Waals surface area contributed by atoms with Crippen molar-refractivity contribution >= 4 is 11.9 Å². The van der Waals surface area contributed by atoms with E-state index in [1.807, 2.05) is 0 Å². The predicted molar refractivity (Wildman–Crippen MR) is 59.1 cm³/mol. The molecule has 0 aromatic heterocycles. The fourth-order valence-electron chi connectivity index (χ4n) is 0.443. The molecule has 0 radical (unpaired) electrons. The first kappa shape index (κ1) is 20.1. The minimum absolute atomic E-state index is 0.00694. The fraction of sp³-hybridized carbons (Fsp3) is 0.600. The first-order valence-corrected chi connectivity index (χ1v) is 4.53. The molecule has 16 heavy (non-hydrogen) atoms. The lowest BCUT2D eigenvalue weighted by Gasteiger charge is -2.04. The van der Waals surface area contributed by atoms with Crippen LogP contribution in [0.5, 0.6) is 0 Å². The second kappa shape index (κ2) is 16.0. The molecule has 0 unspecified atom stereocenters. The molecule has 0 heterocycles. The molecule has 0 amide bonds. The Balaban J connectivity index is -0.000000179. The van der Waals surface area contributed by atoms with Gasteiger partial charge in [0.15, 0.2) is 0 Å². The van der Waals surface area contributed by atoms with Crippen LogP contribution in [-0.4, -0.2) is 45.6 Å². The highest BCUT2D eigenvalue weighted by molar-refractivity contribution is 5.63. The summed E-state index contributed by atoms with van der Waals surface area (Å²) in [6.07, 6.45) is 2.38. The second-order valence-electron chi connectivity index (χ2n) is 2.79. The molecular weight excluding hydrogens is 216 g/mol. The number of hydrogen-bond donors (Lipinski definition) is 4. The first-order chi connectivity index (χ1) is 7.31. The Bertz CT molecular complexity index is 166. The molecule has 0 spiro atoms. The lowest BCUT2D eigenvalue weighted by atomic mass is 10.1. The van der Waals surface area contributed by atoms with Crippen LogP contribution in [0, 0.1) is 5.92 Å². The number of carboxylic acids is 2. The second-order valence-corrected chi connectivity index (χ2v) is 2.79. The summed E-state index contributed by atoms with van der Waals surface area (Å²) in [6.45, 7) is 5.73. The maximum absolute atomic E-state index is 9.00. The molecule has 0 saturated carbocycles. The highest BCUT2D eigenvalue weighted by Crippen LogP contribution is 1.99. The van der Waals surface area contributed by atoms with Gasteiger partial charge in [0.1, 0.15) is 0 Å². The fourth-order valence-corrected chi connectivity index (χ4v) is 0.443. The van der Waals surface area contributed by atoms with Gasteiger partial charge in [-0.3, -0.25) is 9.59 Å². The number of aliphatic hydroxyl groups excluding tert-OH is 2. The summed E-state index contributed by atoms with van der Waals surface area (Å²) in [5.74, 6) is -1.67. The van der Waals surface area contributed by atoms with Gasteiger partial charge < -0.3 is 20.4 Å². The van der Waals surface area contributed by atoms with Gasteiger partial charge in [-0.1, -0.05) is 6.08 Å². The van der Waals surface area contributed by atoms with E-state index < -0.39 is 11.9 Å². The van der Waals surface area contributed by atoms with Gasteiger partial charge >= 0.3 is 0 Å². The maximum Gasteiger partial charge on any atom is 0.300 e. The van der Waals surface area contributed by atoms with Crippen LogP contribution in [0.4, 0.5) is 0 Å². The maximum atomic E-state index is 9.00. The molecule has 0 aliphatic heterocycles. The Labute approximate surface area is 94.8 Å². The van der Waals surface area contributed by atoms with Crippen LogP contribution in [0.25, 0.3) is 0 Å². The summed E-state index contributed by atoms with van der Waals surface area (Å²) in [5, 5.41) is 31.7. The Hall–Kier alpha value is -1.40. The molecule has 0 bridgehead atoms. The predicted octanol–water partition coefficient (Wildman–Crippen LogP) is 0.345. The van der Waals surface area contributed by atoms with E-state index in [1.165, 1.54) is 0 Å². The van der Waals surface area contributed by atoms with Gasteiger partial charge in [-0.15, -0.1) is 6.58 Å². The molecule has 0 atom stereocenters. The molecule has 0 aromatic carbocycles. The van der Waals surface area contributed by atoms with E-state index in [1.54, 1.807) is 6.08 Å². The van der Waals surface area contributed by atoms with E-state index in [9.17, 15) is 0 Å². The van der Waals surface area contributed by atoms with Gasteiger partial charge in [0.2, 0.25) is 0 Å².